The van der Waals surface area contributed by atoms with Crippen LogP contribution in [0.3, 0.4) is 0 Å². The van der Waals surface area contributed by atoms with Gasteiger partial charge in [0.2, 0.25) is 0 Å². The quantitative estimate of drug-likeness (QED) is 0.171. The number of pyridine rings is 1. The van der Waals surface area contributed by atoms with Gasteiger partial charge in [0.15, 0.2) is 11.5 Å². The van der Waals surface area contributed by atoms with Crippen LogP contribution in [0.25, 0.3) is 5.76 Å². The van der Waals surface area contributed by atoms with Gasteiger partial charge >= 0.3 is 0 Å². The van der Waals surface area contributed by atoms with Crippen molar-refractivity contribution in [1.29, 1.82) is 0 Å². The van der Waals surface area contributed by atoms with Gasteiger partial charge in [0.25, 0.3) is 11.7 Å². The highest BCUT2D eigenvalue weighted by Crippen LogP contribution is 2.43. The minimum Gasteiger partial charge on any atom is -0.507 e. The summed E-state index contributed by atoms with van der Waals surface area (Å²) in [7, 11) is 3.05. The third-order valence-corrected chi connectivity index (χ3v) is 6.54. The topological polar surface area (TPSA) is 98.2 Å². The number of nitrogens with zero attached hydrogens (tertiary/aromatic N) is 2. The van der Waals surface area contributed by atoms with Crippen LogP contribution in [0.2, 0.25) is 0 Å². The van der Waals surface area contributed by atoms with E-state index in [0.717, 1.165) is 24.0 Å². The molecule has 0 spiro atoms. The monoisotopic (exact) mass is 516 g/mol. The van der Waals surface area contributed by atoms with Crippen molar-refractivity contribution in [2.24, 2.45) is 0 Å². The van der Waals surface area contributed by atoms with E-state index in [9.17, 15) is 14.7 Å². The molecule has 4 rings (SSSR count). The molecule has 1 fully saturated rings. The van der Waals surface area contributed by atoms with Gasteiger partial charge < -0.3 is 24.2 Å². The van der Waals surface area contributed by atoms with E-state index in [1.165, 1.54) is 19.1 Å². The number of aliphatic hydroxyl groups excluding tert-OH is 1. The molecule has 2 heterocycles. The number of carbonyl (C=O) groups is 2. The standard InChI is InChI=1S/C30H32N2O6/c1-5-6-14-38-23-11-10-22(15-19(23)2)28(33)26-27(21-9-12-24(36-3)25(16-21)37-4)32(30(35)29(26)34)18-20-8-7-13-31-17-20/h7-13,15-17,27,33H,5-6,14,18H2,1-4H3/b28-26+. The normalized spacial score (nSPS) is 16.5. The molecular weight excluding hydrogens is 484 g/mol. The molecular formula is C30H32N2O6. The highest BCUT2D eigenvalue weighted by atomic mass is 16.5. The van der Waals surface area contributed by atoms with Gasteiger partial charge in [0, 0.05) is 24.5 Å². The summed E-state index contributed by atoms with van der Waals surface area (Å²) in [5.41, 5.74) is 2.60. The number of Topliss-reactive ketones (excluding diaryl/α,β-unsaturated/α-hetero) is 1. The summed E-state index contributed by atoms with van der Waals surface area (Å²) in [6.45, 7) is 4.71. The van der Waals surface area contributed by atoms with Gasteiger partial charge in [-0.3, -0.25) is 14.6 Å². The van der Waals surface area contributed by atoms with Gasteiger partial charge in [-0.25, -0.2) is 0 Å². The van der Waals surface area contributed by atoms with Gasteiger partial charge in [0.05, 0.1) is 32.4 Å². The SMILES string of the molecule is CCCCOc1ccc(/C(O)=C2\C(=O)C(=O)N(Cc3cccnc3)C2c2ccc(OC)c(OC)c2)cc1C. The third-order valence-electron chi connectivity index (χ3n) is 6.54. The fraction of sp³-hybridized carbons (Fsp3) is 0.300. The van der Waals surface area contributed by atoms with E-state index >= 15 is 0 Å². The second-order valence-corrected chi connectivity index (χ2v) is 9.08. The van der Waals surface area contributed by atoms with Crippen LogP contribution in [-0.4, -0.2) is 47.5 Å². The van der Waals surface area contributed by atoms with Crippen LogP contribution in [0.4, 0.5) is 0 Å². The van der Waals surface area contributed by atoms with Gasteiger partial charge in [0.1, 0.15) is 11.5 Å². The first-order chi connectivity index (χ1) is 18.4. The molecule has 1 aliphatic rings. The van der Waals surface area contributed by atoms with Crippen LogP contribution >= 0.6 is 0 Å². The van der Waals surface area contributed by atoms with E-state index in [1.807, 2.05) is 13.0 Å². The number of hydrogen-bond donors (Lipinski definition) is 1. The number of rotatable bonds is 10. The first-order valence-corrected chi connectivity index (χ1v) is 12.5. The Labute approximate surface area is 222 Å². The summed E-state index contributed by atoms with van der Waals surface area (Å²) in [4.78, 5) is 32.3. The van der Waals surface area contributed by atoms with Crippen molar-refractivity contribution in [3.8, 4) is 17.2 Å². The van der Waals surface area contributed by atoms with Crippen LogP contribution in [0.1, 0.15) is 48.1 Å². The molecule has 1 unspecified atom stereocenters. The van der Waals surface area contributed by atoms with E-state index in [4.69, 9.17) is 14.2 Å². The van der Waals surface area contributed by atoms with Crippen LogP contribution < -0.4 is 14.2 Å². The minimum atomic E-state index is -0.851. The molecule has 3 aromatic rings. The Morgan fingerprint density at radius 2 is 1.79 bits per heavy atom. The number of benzene rings is 2. The Hall–Kier alpha value is -4.33. The number of amides is 1. The predicted octanol–water partition coefficient (Wildman–Crippen LogP) is 5.21. The average Bonchev–Trinajstić information content (AvgIpc) is 3.18. The van der Waals surface area contributed by atoms with E-state index in [0.29, 0.717) is 35.0 Å². The molecule has 198 valence electrons. The van der Waals surface area contributed by atoms with Crippen molar-refractivity contribution in [2.75, 3.05) is 20.8 Å². The van der Waals surface area contributed by atoms with Crippen LogP contribution in [0.5, 0.6) is 17.2 Å². The van der Waals surface area contributed by atoms with Gasteiger partial charge in [-0.05, 0) is 66.4 Å². The average molecular weight is 517 g/mol. The lowest BCUT2D eigenvalue weighted by atomic mass is 9.94. The van der Waals surface area contributed by atoms with Crippen LogP contribution in [-0.2, 0) is 16.1 Å². The molecule has 1 atom stereocenters. The highest BCUT2D eigenvalue weighted by Gasteiger charge is 2.46. The Morgan fingerprint density at radius 1 is 1.03 bits per heavy atom. The Morgan fingerprint density at radius 3 is 2.45 bits per heavy atom. The van der Waals surface area contributed by atoms with Crippen molar-refractivity contribution >= 4 is 17.4 Å². The number of likely N-dealkylation sites (tertiary alicyclic amines) is 1. The van der Waals surface area contributed by atoms with Gasteiger partial charge in [-0.1, -0.05) is 25.5 Å². The second-order valence-electron chi connectivity index (χ2n) is 9.08. The number of aromatic nitrogens is 1. The summed E-state index contributed by atoms with van der Waals surface area (Å²) in [5.74, 6) is -0.0434. The fourth-order valence-electron chi connectivity index (χ4n) is 4.54. The number of ketones is 1. The lowest BCUT2D eigenvalue weighted by molar-refractivity contribution is -0.140. The number of aryl methyl sites for hydroxylation is 1. The zero-order valence-electron chi connectivity index (χ0n) is 22.1. The first-order valence-electron chi connectivity index (χ1n) is 12.5. The van der Waals surface area contributed by atoms with Gasteiger partial charge in [-0.15, -0.1) is 0 Å². The fourth-order valence-corrected chi connectivity index (χ4v) is 4.54. The number of carbonyl (C=O) groups excluding carboxylic acids is 2. The van der Waals surface area contributed by atoms with Crippen molar-refractivity contribution in [3.05, 3.63) is 88.8 Å². The number of hydrogen-bond acceptors (Lipinski definition) is 7. The summed E-state index contributed by atoms with van der Waals surface area (Å²) in [5, 5.41) is 11.5. The largest absolute Gasteiger partial charge is 0.507 e. The Balaban J connectivity index is 1.82. The summed E-state index contributed by atoms with van der Waals surface area (Å²) in [6.07, 6.45) is 5.24. The summed E-state index contributed by atoms with van der Waals surface area (Å²) in [6, 6.07) is 13.2. The van der Waals surface area contributed by atoms with Crippen LogP contribution in [0.15, 0.2) is 66.5 Å². The van der Waals surface area contributed by atoms with Crippen molar-refractivity contribution in [2.45, 2.75) is 39.3 Å². The maximum absolute atomic E-state index is 13.4. The lowest BCUT2D eigenvalue weighted by Crippen LogP contribution is -2.29. The molecule has 8 heteroatoms. The Bertz CT molecular complexity index is 1350. The number of ether oxygens (including phenoxy) is 3. The maximum atomic E-state index is 13.4. The third kappa shape index (κ3) is 5.34. The van der Waals surface area contributed by atoms with Crippen molar-refractivity contribution in [3.63, 3.8) is 0 Å². The molecule has 1 saturated heterocycles. The molecule has 0 saturated carbocycles. The first kappa shape index (κ1) is 26.7. The zero-order valence-corrected chi connectivity index (χ0v) is 22.1. The van der Waals surface area contributed by atoms with Crippen molar-refractivity contribution < 1.29 is 28.9 Å². The molecule has 0 bridgehead atoms. The van der Waals surface area contributed by atoms with E-state index in [2.05, 4.69) is 11.9 Å². The lowest BCUT2D eigenvalue weighted by Gasteiger charge is -2.26. The van der Waals surface area contributed by atoms with Crippen LogP contribution in [0, 0.1) is 6.92 Å². The summed E-state index contributed by atoms with van der Waals surface area (Å²) >= 11 is 0. The molecule has 0 aliphatic carbocycles. The molecule has 1 aromatic heterocycles. The van der Waals surface area contributed by atoms with E-state index < -0.39 is 17.7 Å². The van der Waals surface area contributed by atoms with E-state index in [-0.39, 0.29) is 17.9 Å². The molecule has 1 N–H and O–H groups in total. The predicted molar refractivity (Wildman–Crippen MR) is 143 cm³/mol. The molecule has 0 radical (unpaired) electrons. The maximum Gasteiger partial charge on any atom is 0.295 e. The summed E-state index contributed by atoms with van der Waals surface area (Å²) < 4.78 is 16.7. The van der Waals surface area contributed by atoms with Gasteiger partial charge in [-0.2, -0.15) is 0 Å². The molecule has 1 aliphatic heterocycles. The number of aliphatic hydroxyl groups is 1. The minimum absolute atomic E-state index is 0.00478. The molecule has 2 aromatic carbocycles. The molecule has 1 amide bonds. The number of methoxy groups -OCH3 is 2. The highest BCUT2D eigenvalue weighted by molar-refractivity contribution is 6.46. The zero-order chi connectivity index (χ0) is 27.2. The number of unbranched alkanes of at least 4 members (excludes halogenated alkanes) is 1. The van der Waals surface area contributed by atoms with E-state index in [1.54, 1.807) is 54.9 Å². The smallest absolute Gasteiger partial charge is 0.295 e. The van der Waals surface area contributed by atoms with Crippen molar-refractivity contribution in [1.82, 2.24) is 9.88 Å². The molecule has 38 heavy (non-hydrogen) atoms. The Kier molecular flexibility index (Phi) is 8.31. The molecule has 8 nitrogen and oxygen atoms in total. The second kappa shape index (κ2) is 11.8.